The average molecular weight is 379 g/mol. The lowest BCUT2D eigenvalue weighted by Gasteiger charge is -2.31. The van der Waals surface area contributed by atoms with Crippen molar-refractivity contribution in [1.82, 2.24) is 4.31 Å². The van der Waals surface area contributed by atoms with E-state index in [0.29, 0.717) is 30.4 Å². The van der Waals surface area contributed by atoms with Gasteiger partial charge >= 0.3 is 0 Å². The summed E-state index contributed by atoms with van der Waals surface area (Å²) in [6, 6.07) is 4.82. The molecule has 0 saturated carbocycles. The zero-order valence-electron chi connectivity index (χ0n) is 11.5. The summed E-state index contributed by atoms with van der Waals surface area (Å²) in [4.78, 5) is 0.131. The summed E-state index contributed by atoms with van der Waals surface area (Å²) in [6.07, 6.45) is 1.24. The third kappa shape index (κ3) is 3.95. The van der Waals surface area contributed by atoms with Crippen molar-refractivity contribution in [2.24, 2.45) is 0 Å². The van der Waals surface area contributed by atoms with Gasteiger partial charge in [-0.3, -0.25) is 0 Å². The molecule has 1 saturated heterocycles. The van der Waals surface area contributed by atoms with Gasteiger partial charge < -0.3 is 15.6 Å². The molecule has 0 amide bonds. The van der Waals surface area contributed by atoms with Crippen molar-refractivity contribution in [3.05, 3.63) is 22.7 Å². The van der Waals surface area contributed by atoms with Crippen LogP contribution in [0.2, 0.25) is 0 Å². The van der Waals surface area contributed by atoms with E-state index in [1.54, 1.807) is 12.1 Å². The molecule has 0 radical (unpaired) electrons. The second-order valence-corrected chi connectivity index (χ2v) is 7.70. The van der Waals surface area contributed by atoms with E-state index in [9.17, 15) is 8.42 Å². The molecule has 118 valence electrons. The fourth-order valence-corrected chi connectivity index (χ4v) is 4.45. The SMILES string of the molecule is Nc1ccc(Br)cc1S(=O)(=O)N1CCC(OCCO)CC1. The second kappa shape index (κ2) is 7.06. The maximum atomic E-state index is 12.6. The topological polar surface area (TPSA) is 92.9 Å². The van der Waals surface area contributed by atoms with Crippen LogP contribution in [0.1, 0.15) is 12.8 Å². The normalized spacial score (nSPS) is 18.0. The van der Waals surface area contributed by atoms with Gasteiger partial charge in [0.2, 0.25) is 10.0 Å². The van der Waals surface area contributed by atoms with Crippen molar-refractivity contribution < 1.29 is 18.3 Å². The number of benzene rings is 1. The number of nitrogens with zero attached hydrogens (tertiary/aromatic N) is 1. The number of rotatable bonds is 5. The molecule has 21 heavy (non-hydrogen) atoms. The highest BCUT2D eigenvalue weighted by atomic mass is 79.9. The van der Waals surface area contributed by atoms with Crippen molar-refractivity contribution in [3.8, 4) is 0 Å². The third-order valence-electron chi connectivity index (χ3n) is 3.44. The zero-order chi connectivity index (χ0) is 15.5. The molecule has 6 nitrogen and oxygen atoms in total. The quantitative estimate of drug-likeness (QED) is 0.750. The number of nitrogens with two attached hydrogens (primary N) is 1. The van der Waals surface area contributed by atoms with E-state index in [1.807, 2.05) is 0 Å². The predicted molar refractivity (Wildman–Crippen MR) is 83.4 cm³/mol. The number of aliphatic hydroxyl groups is 1. The second-order valence-electron chi connectivity index (χ2n) is 4.88. The van der Waals surface area contributed by atoms with Crippen molar-refractivity contribution in [2.75, 3.05) is 32.0 Å². The molecule has 0 bridgehead atoms. The highest BCUT2D eigenvalue weighted by Crippen LogP contribution is 2.28. The minimum Gasteiger partial charge on any atom is -0.398 e. The molecule has 1 aliphatic rings. The number of ether oxygens (including phenoxy) is 1. The molecule has 0 atom stereocenters. The van der Waals surface area contributed by atoms with Gasteiger partial charge in [0.15, 0.2) is 0 Å². The van der Waals surface area contributed by atoms with Gasteiger partial charge in [-0.1, -0.05) is 15.9 Å². The van der Waals surface area contributed by atoms with Crippen molar-refractivity contribution in [3.63, 3.8) is 0 Å². The van der Waals surface area contributed by atoms with Gasteiger partial charge in [-0.15, -0.1) is 0 Å². The zero-order valence-corrected chi connectivity index (χ0v) is 13.9. The van der Waals surface area contributed by atoms with Gasteiger partial charge in [0.25, 0.3) is 0 Å². The van der Waals surface area contributed by atoms with Gasteiger partial charge in [0, 0.05) is 17.6 Å². The number of halogens is 1. The number of nitrogen functional groups attached to an aromatic ring is 1. The molecule has 0 unspecified atom stereocenters. The lowest BCUT2D eigenvalue weighted by Crippen LogP contribution is -2.41. The number of sulfonamides is 1. The Bertz CT molecular complexity index is 586. The lowest BCUT2D eigenvalue weighted by atomic mass is 10.1. The highest BCUT2D eigenvalue weighted by molar-refractivity contribution is 9.10. The smallest absolute Gasteiger partial charge is 0.245 e. The molecule has 1 aliphatic heterocycles. The van der Waals surface area contributed by atoms with Crippen molar-refractivity contribution in [2.45, 2.75) is 23.8 Å². The van der Waals surface area contributed by atoms with Crippen LogP contribution >= 0.6 is 15.9 Å². The van der Waals surface area contributed by atoms with E-state index in [4.69, 9.17) is 15.6 Å². The number of hydrogen-bond donors (Lipinski definition) is 2. The minimum absolute atomic E-state index is 0.00320. The van der Waals surface area contributed by atoms with Gasteiger partial charge in [0.05, 0.1) is 25.0 Å². The first kappa shape index (κ1) is 16.7. The Kier molecular flexibility index (Phi) is 5.61. The van der Waals surface area contributed by atoms with Crippen LogP contribution in [-0.4, -0.2) is 50.2 Å². The van der Waals surface area contributed by atoms with Gasteiger partial charge in [0.1, 0.15) is 4.90 Å². The van der Waals surface area contributed by atoms with E-state index in [2.05, 4.69) is 15.9 Å². The van der Waals surface area contributed by atoms with Crippen LogP contribution < -0.4 is 5.73 Å². The molecular formula is C13H19BrN2O4S. The van der Waals surface area contributed by atoms with Crippen molar-refractivity contribution in [1.29, 1.82) is 0 Å². The van der Waals surface area contributed by atoms with Crippen LogP contribution in [0.3, 0.4) is 0 Å². The Morgan fingerprint density at radius 2 is 2.05 bits per heavy atom. The Morgan fingerprint density at radius 1 is 1.38 bits per heavy atom. The summed E-state index contributed by atoms with van der Waals surface area (Å²) < 4.78 is 32.8. The Labute approximate surface area is 133 Å². The summed E-state index contributed by atoms with van der Waals surface area (Å²) >= 11 is 3.27. The molecule has 2 rings (SSSR count). The van der Waals surface area contributed by atoms with Crippen LogP contribution in [0.25, 0.3) is 0 Å². The lowest BCUT2D eigenvalue weighted by molar-refractivity contribution is 0.00319. The monoisotopic (exact) mass is 378 g/mol. The number of aliphatic hydroxyl groups excluding tert-OH is 1. The highest BCUT2D eigenvalue weighted by Gasteiger charge is 2.31. The number of anilines is 1. The summed E-state index contributed by atoms with van der Waals surface area (Å²) in [7, 11) is -3.59. The largest absolute Gasteiger partial charge is 0.398 e. The van der Waals surface area contributed by atoms with Crippen molar-refractivity contribution >= 4 is 31.6 Å². The average Bonchev–Trinajstić information content (AvgIpc) is 2.48. The van der Waals surface area contributed by atoms with E-state index in [0.717, 1.165) is 0 Å². The van der Waals surface area contributed by atoms with E-state index >= 15 is 0 Å². The molecule has 0 aromatic heterocycles. The minimum atomic E-state index is -3.59. The molecule has 8 heteroatoms. The summed E-state index contributed by atoms with van der Waals surface area (Å²) in [5.74, 6) is 0. The molecule has 0 spiro atoms. The van der Waals surface area contributed by atoms with E-state index in [1.165, 1.54) is 10.4 Å². The number of piperidine rings is 1. The molecule has 1 aromatic rings. The Balaban J connectivity index is 2.10. The van der Waals surface area contributed by atoms with Crippen LogP contribution in [0.15, 0.2) is 27.6 Å². The standard InChI is InChI=1S/C13H19BrN2O4S/c14-10-1-2-12(15)13(9-10)21(18,19)16-5-3-11(4-6-16)20-8-7-17/h1-2,9,11,17H,3-8,15H2. The van der Waals surface area contributed by atoms with Crippen LogP contribution in [0.4, 0.5) is 5.69 Å². The van der Waals surface area contributed by atoms with Gasteiger partial charge in [-0.2, -0.15) is 4.31 Å². The van der Waals surface area contributed by atoms with E-state index < -0.39 is 10.0 Å². The fraction of sp³-hybridized carbons (Fsp3) is 0.538. The molecule has 1 heterocycles. The fourth-order valence-electron chi connectivity index (χ4n) is 2.33. The first-order valence-electron chi connectivity index (χ1n) is 6.73. The Morgan fingerprint density at radius 3 is 2.67 bits per heavy atom. The Hall–Kier alpha value is -0.670. The maximum absolute atomic E-state index is 12.6. The molecule has 1 aromatic carbocycles. The maximum Gasteiger partial charge on any atom is 0.245 e. The van der Waals surface area contributed by atoms with Gasteiger partial charge in [-0.25, -0.2) is 8.42 Å². The molecule has 3 N–H and O–H groups in total. The summed E-state index contributed by atoms with van der Waals surface area (Å²) in [6.45, 7) is 1.05. The van der Waals surface area contributed by atoms with Gasteiger partial charge in [-0.05, 0) is 31.0 Å². The van der Waals surface area contributed by atoms with E-state index in [-0.39, 0.29) is 29.9 Å². The van der Waals surface area contributed by atoms with Crippen LogP contribution in [0, 0.1) is 0 Å². The summed E-state index contributed by atoms with van der Waals surface area (Å²) in [5.41, 5.74) is 6.04. The van der Waals surface area contributed by atoms with Crippen LogP contribution in [0.5, 0.6) is 0 Å². The molecule has 0 aliphatic carbocycles. The summed E-state index contributed by atoms with van der Waals surface area (Å²) in [5, 5.41) is 8.73. The third-order valence-corrected chi connectivity index (χ3v) is 5.89. The predicted octanol–water partition coefficient (Wildman–Crippen LogP) is 1.19. The van der Waals surface area contributed by atoms with Crippen LogP contribution in [-0.2, 0) is 14.8 Å². The number of hydrogen-bond acceptors (Lipinski definition) is 5. The first-order valence-corrected chi connectivity index (χ1v) is 8.96. The first-order chi connectivity index (χ1) is 9.95. The molecular weight excluding hydrogens is 360 g/mol. The molecule has 1 fully saturated rings.